The van der Waals surface area contributed by atoms with Gasteiger partial charge in [0.2, 0.25) is 5.95 Å². The third-order valence-corrected chi connectivity index (χ3v) is 4.45. The zero-order valence-electron chi connectivity index (χ0n) is 13.1. The van der Waals surface area contributed by atoms with E-state index in [0.29, 0.717) is 5.82 Å². The molecule has 0 radical (unpaired) electrons. The summed E-state index contributed by atoms with van der Waals surface area (Å²) in [5.41, 5.74) is 9.05. The number of hydrogen-bond donors (Lipinski definition) is 1. The van der Waals surface area contributed by atoms with E-state index in [9.17, 15) is 4.79 Å². The molecule has 0 spiro atoms. The van der Waals surface area contributed by atoms with Gasteiger partial charge in [0.05, 0.1) is 5.92 Å². The van der Waals surface area contributed by atoms with Gasteiger partial charge in [-0.3, -0.25) is 9.78 Å². The summed E-state index contributed by atoms with van der Waals surface area (Å²) in [4.78, 5) is 21.2. The van der Waals surface area contributed by atoms with E-state index in [2.05, 4.69) is 21.1 Å². The van der Waals surface area contributed by atoms with Crippen LogP contribution in [0.25, 0.3) is 11.4 Å². The molecule has 0 unspecified atom stereocenters. The molecule has 2 heterocycles. The van der Waals surface area contributed by atoms with Gasteiger partial charge in [0, 0.05) is 18.0 Å². The van der Waals surface area contributed by atoms with Crippen molar-refractivity contribution in [3.05, 3.63) is 59.9 Å². The minimum atomic E-state index is -0.218. The normalized spacial score (nSPS) is 16.6. The number of rotatable bonds is 2. The molecule has 3 aromatic rings. The van der Waals surface area contributed by atoms with Gasteiger partial charge in [0.1, 0.15) is 0 Å². The second-order valence-electron chi connectivity index (χ2n) is 5.92. The number of pyridine rings is 1. The number of nitrogen functional groups attached to an aromatic ring is 1. The highest BCUT2D eigenvalue weighted by Gasteiger charge is 2.29. The topological polar surface area (TPSA) is 86.7 Å². The number of carbonyl (C=O) groups is 1. The first-order chi connectivity index (χ1) is 11.7. The Balaban J connectivity index is 1.70. The van der Waals surface area contributed by atoms with E-state index in [4.69, 9.17) is 5.73 Å². The molecule has 0 saturated carbocycles. The summed E-state index contributed by atoms with van der Waals surface area (Å²) in [5, 5.41) is 4.33. The Morgan fingerprint density at radius 3 is 2.79 bits per heavy atom. The maximum Gasteiger partial charge on any atom is 0.257 e. The van der Waals surface area contributed by atoms with Crippen molar-refractivity contribution in [2.45, 2.75) is 25.2 Å². The second-order valence-corrected chi connectivity index (χ2v) is 5.92. The standard InChI is InChI=1S/C18H17N5O/c19-18-21-16(13-8-10-20-11-9-13)22-23(18)17(24)15-7-3-5-12-4-1-2-6-14(12)15/h1-2,4,6,8-11,15H,3,5,7H2,(H2,19,21,22)/t15-/m0/s1. The van der Waals surface area contributed by atoms with Crippen molar-refractivity contribution >= 4 is 11.9 Å². The fraction of sp³-hybridized carbons (Fsp3) is 0.222. The SMILES string of the molecule is Nc1nc(-c2ccncc2)nn1C(=O)[C@H]1CCCc2ccccc21. The van der Waals surface area contributed by atoms with Crippen LogP contribution in [0.1, 0.15) is 34.7 Å². The van der Waals surface area contributed by atoms with Gasteiger partial charge >= 0.3 is 0 Å². The van der Waals surface area contributed by atoms with Gasteiger partial charge in [-0.1, -0.05) is 24.3 Å². The molecule has 1 aromatic carbocycles. The molecule has 0 amide bonds. The molecule has 4 rings (SSSR count). The summed E-state index contributed by atoms with van der Waals surface area (Å²) < 4.78 is 1.24. The largest absolute Gasteiger partial charge is 0.368 e. The van der Waals surface area contributed by atoms with Crippen molar-refractivity contribution in [3.63, 3.8) is 0 Å². The van der Waals surface area contributed by atoms with Gasteiger partial charge in [-0.15, -0.1) is 5.10 Å². The predicted octanol–water partition coefficient (Wildman–Crippen LogP) is 2.68. The van der Waals surface area contributed by atoms with Crippen LogP contribution in [0.4, 0.5) is 5.95 Å². The maximum absolute atomic E-state index is 13.0. The maximum atomic E-state index is 13.0. The van der Waals surface area contributed by atoms with Crippen molar-refractivity contribution in [2.24, 2.45) is 0 Å². The van der Waals surface area contributed by atoms with Gasteiger partial charge in [-0.05, 0) is 42.5 Å². The highest BCUT2D eigenvalue weighted by molar-refractivity contribution is 5.88. The van der Waals surface area contributed by atoms with Crippen LogP contribution in [-0.4, -0.2) is 25.7 Å². The minimum Gasteiger partial charge on any atom is -0.368 e. The number of aromatic nitrogens is 4. The molecule has 1 aliphatic carbocycles. The van der Waals surface area contributed by atoms with Crippen LogP contribution in [0.2, 0.25) is 0 Å². The fourth-order valence-corrected chi connectivity index (χ4v) is 3.27. The summed E-state index contributed by atoms with van der Waals surface area (Å²) in [6, 6.07) is 11.7. The van der Waals surface area contributed by atoms with Crippen molar-refractivity contribution in [2.75, 3.05) is 5.73 Å². The second kappa shape index (κ2) is 5.88. The van der Waals surface area contributed by atoms with Gasteiger partial charge in [-0.2, -0.15) is 9.67 Å². The van der Waals surface area contributed by atoms with Crippen LogP contribution in [-0.2, 0) is 6.42 Å². The lowest BCUT2D eigenvalue weighted by atomic mass is 9.82. The average Bonchev–Trinajstić information content (AvgIpc) is 3.03. The zero-order valence-corrected chi connectivity index (χ0v) is 13.1. The van der Waals surface area contributed by atoms with E-state index < -0.39 is 0 Å². The van der Waals surface area contributed by atoms with E-state index in [-0.39, 0.29) is 17.8 Å². The van der Waals surface area contributed by atoms with Crippen LogP contribution in [0, 0.1) is 0 Å². The van der Waals surface area contributed by atoms with Crippen molar-refractivity contribution < 1.29 is 4.79 Å². The third-order valence-electron chi connectivity index (χ3n) is 4.45. The van der Waals surface area contributed by atoms with E-state index in [1.54, 1.807) is 24.5 Å². The Hall–Kier alpha value is -3.02. The van der Waals surface area contributed by atoms with Crippen molar-refractivity contribution in [1.29, 1.82) is 0 Å². The molecular weight excluding hydrogens is 302 g/mol. The number of benzene rings is 1. The van der Waals surface area contributed by atoms with Crippen LogP contribution >= 0.6 is 0 Å². The number of carbonyl (C=O) groups excluding carboxylic acids is 1. The smallest absolute Gasteiger partial charge is 0.257 e. The lowest BCUT2D eigenvalue weighted by Gasteiger charge is -2.24. The molecule has 0 bridgehead atoms. The molecule has 1 aliphatic rings. The van der Waals surface area contributed by atoms with E-state index in [1.165, 1.54) is 10.2 Å². The zero-order chi connectivity index (χ0) is 16.5. The first kappa shape index (κ1) is 14.6. The number of fused-ring (bicyclic) bond motifs is 1. The van der Waals surface area contributed by atoms with E-state index in [0.717, 1.165) is 30.4 Å². The summed E-state index contributed by atoms with van der Waals surface area (Å²) in [6.45, 7) is 0. The van der Waals surface area contributed by atoms with Crippen LogP contribution < -0.4 is 5.73 Å². The Kier molecular flexibility index (Phi) is 3.57. The molecule has 0 saturated heterocycles. The molecule has 2 aromatic heterocycles. The molecule has 0 aliphatic heterocycles. The molecule has 24 heavy (non-hydrogen) atoms. The molecule has 1 atom stereocenters. The first-order valence-corrected chi connectivity index (χ1v) is 7.99. The number of hydrogen-bond acceptors (Lipinski definition) is 5. The Morgan fingerprint density at radius 2 is 1.96 bits per heavy atom. The average molecular weight is 319 g/mol. The minimum absolute atomic E-state index is 0.118. The predicted molar refractivity (Wildman–Crippen MR) is 90.4 cm³/mol. The highest BCUT2D eigenvalue weighted by Crippen LogP contribution is 2.33. The monoisotopic (exact) mass is 319 g/mol. The third kappa shape index (κ3) is 2.46. The molecule has 0 fully saturated rings. The fourth-order valence-electron chi connectivity index (χ4n) is 3.27. The molecular formula is C18H17N5O. The summed E-state index contributed by atoms with van der Waals surface area (Å²) >= 11 is 0. The number of aryl methyl sites for hydroxylation is 1. The summed E-state index contributed by atoms with van der Waals surface area (Å²) in [7, 11) is 0. The highest BCUT2D eigenvalue weighted by atomic mass is 16.2. The Morgan fingerprint density at radius 1 is 1.17 bits per heavy atom. The number of nitrogens with zero attached hydrogens (tertiary/aromatic N) is 4. The Labute approximate surface area is 139 Å². The Bertz CT molecular complexity index is 887. The lowest BCUT2D eigenvalue weighted by molar-refractivity contribution is 0.0855. The summed E-state index contributed by atoms with van der Waals surface area (Å²) in [6.07, 6.45) is 6.12. The van der Waals surface area contributed by atoms with Crippen molar-refractivity contribution in [1.82, 2.24) is 19.7 Å². The lowest BCUT2D eigenvalue weighted by Crippen LogP contribution is -2.26. The van der Waals surface area contributed by atoms with Crippen LogP contribution in [0.15, 0.2) is 48.8 Å². The van der Waals surface area contributed by atoms with Gasteiger partial charge < -0.3 is 5.73 Å². The van der Waals surface area contributed by atoms with E-state index >= 15 is 0 Å². The van der Waals surface area contributed by atoms with Gasteiger partial charge in [0.15, 0.2) is 5.82 Å². The van der Waals surface area contributed by atoms with Crippen LogP contribution in [0.5, 0.6) is 0 Å². The molecule has 6 nitrogen and oxygen atoms in total. The summed E-state index contributed by atoms with van der Waals surface area (Å²) in [5.74, 6) is 0.221. The molecule has 2 N–H and O–H groups in total. The van der Waals surface area contributed by atoms with Crippen LogP contribution in [0.3, 0.4) is 0 Å². The quantitative estimate of drug-likeness (QED) is 0.784. The number of nitrogens with two attached hydrogens (primary N) is 1. The number of anilines is 1. The molecule has 120 valence electrons. The van der Waals surface area contributed by atoms with Gasteiger partial charge in [0.25, 0.3) is 5.91 Å². The first-order valence-electron chi connectivity index (χ1n) is 7.99. The van der Waals surface area contributed by atoms with Crippen molar-refractivity contribution in [3.8, 4) is 11.4 Å². The molecule has 6 heteroatoms. The van der Waals surface area contributed by atoms with E-state index in [1.807, 2.05) is 18.2 Å². The van der Waals surface area contributed by atoms with Gasteiger partial charge in [-0.25, -0.2) is 0 Å².